The van der Waals surface area contributed by atoms with Crippen molar-refractivity contribution in [2.75, 3.05) is 18.0 Å². The van der Waals surface area contributed by atoms with Crippen molar-refractivity contribution in [1.82, 2.24) is 19.9 Å². The van der Waals surface area contributed by atoms with Crippen LogP contribution in [0, 0.1) is 11.6 Å². The van der Waals surface area contributed by atoms with Crippen molar-refractivity contribution < 1.29 is 8.78 Å². The molecule has 0 saturated heterocycles. The number of fused-ring (bicyclic) bond motifs is 1. The standard InChI is InChI=1S/C18H15F2N5/c19-13-3-1-2-12(8-13)17-15-4-6-25(7-5-16(15)23-11-24-17)18-21-9-14(20)10-22-18/h1-3,8-11H,4-7H2. The van der Waals surface area contributed by atoms with Gasteiger partial charge in [-0.1, -0.05) is 12.1 Å². The third-order valence-corrected chi connectivity index (χ3v) is 4.27. The van der Waals surface area contributed by atoms with Crippen LogP contribution in [0.1, 0.15) is 11.3 Å². The van der Waals surface area contributed by atoms with Gasteiger partial charge in [-0.05, 0) is 18.6 Å². The molecule has 1 aliphatic rings. The second kappa shape index (κ2) is 6.51. The highest BCUT2D eigenvalue weighted by Gasteiger charge is 2.20. The van der Waals surface area contributed by atoms with E-state index in [1.807, 2.05) is 11.0 Å². The van der Waals surface area contributed by atoms with Crippen molar-refractivity contribution in [3.63, 3.8) is 0 Å². The van der Waals surface area contributed by atoms with Crippen molar-refractivity contribution in [3.8, 4) is 11.3 Å². The highest BCUT2D eigenvalue weighted by molar-refractivity contribution is 5.64. The molecule has 3 heterocycles. The topological polar surface area (TPSA) is 54.8 Å². The number of rotatable bonds is 2. The van der Waals surface area contributed by atoms with Gasteiger partial charge in [0, 0.05) is 36.3 Å². The molecule has 0 amide bonds. The molecule has 0 saturated carbocycles. The summed E-state index contributed by atoms with van der Waals surface area (Å²) in [5.41, 5.74) is 3.45. The molecule has 0 radical (unpaired) electrons. The first-order valence-corrected chi connectivity index (χ1v) is 8.02. The zero-order valence-electron chi connectivity index (χ0n) is 13.4. The predicted molar refractivity (Wildman–Crippen MR) is 89.0 cm³/mol. The van der Waals surface area contributed by atoms with E-state index in [1.165, 1.54) is 30.9 Å². The normalized spacial score (nSPS) is 14.1. The lowest BCUT2D eigenvalue weighted by molar-refractivity contribution is 0.610. The number of anilines is 1. The molecule has 0 aliphatic carbocycles. The fourth-order valence-corrected chi connectivity index (χ4v) is 3.08. The summed E-state index contributed by atoms with van der Waals surface area (Å²) in [6.45, 7) is 1.34. The van der Waals surface area contributed by atoms with Gasteiger partial charge in [0.15, 0.2) is 5.82 Å². The Hall–Kier alpha value is -2.96. The molecule has 4 rings (SSSR count). The molecule has 1 aliphatic heterocycles. The van der Waals surface area contributed by atoms with Crippen LogP contribution in [0.3, 0.4) is 0 Å². The molecule has 25 heavy (non-hydrogen) atoms. The van der Waals surface area contributed by atoms with E-state index >= 15 is 0 Å². The third-order valence-electron chi connectivity index (χ3n) is 4.27. The second-order valence-corrected chi connectivity index (χ2v) is 5.85. The number of benzene rings is 1. The van der Waals surface area contributed by atoms with Gasteiger partial charge in [-0.3, -0.25) is 0 Å². The molecule has 0 N–H and O–H groups in total. The molecular weight excluding hydrogens is 324 g/mol. The molecule has 0 unspecified atom stereocenters. The first-order valence-electron chi connectivity index (χ1n) is 8.02. The lowest BCUT2D eigenvalue weighted by Crippen LogP contribution is -2.27. The number of hydrogen-bond donors (Lipinski definition) is 0. The van der Waals surface area contributed by atoms with Gasteiger partial charge in [-0.2, -0.15) is 0 Å². The average Bonchev–Trinajstić information content (AvgIpc) is 2.85. The van der Waals surface area contributed by atoms with Crippen LogP contribution in [0.5, 0.6) is 0 Å². The number of halogens is 2. The summed E-state index contributed by atoms with van der Waals surface area (Å²) >= 11 is 0. The lowest BCUT2D eigenvalue weighted by Gasteiger charge is -2.19. The van der Waals surface area contributed by atoms with Crippen LogP contribution in [0.4, 0.5) is 14.7 Å². The van der Waals surface area contributed by atoms with Crippen LogP contribution >= 0.6 is 0 Å². The van der Waals surface area contributed by atoms with E-state index in [0.717, 1.165) is 22.5 Å². The summed E-state index contributed by atoms with van der Waals surface area (Å²) < 4.78 is 26.6. The number of nitrogens with zero attached hydrogens (tertiary/aromatic N) is 5. The molecule has 0 atom stereocenters. The van der Waals surface area contributed by atoms with Crippen LogP contribution in [0.15, 0.2) is 43.0 Å². The Bertz CT molecular complexity index is 898. The molecular formula is C18H15F2N5. The van der Waals surface area contributed by atoms with E-state index in [4.69, 9.17) is 0 Å². The Balaban J connectivity index is 1.66. The fraction of sp³-hybridized carbons (Fsp3) is 0.222. The van der Waals surface area contributed by atoms with Crippen molar-refractivity contribution >= 4 is 5.95 Å². The van der Waals surface area contributed by atoms with Gasteiger partial charge in [0.2, 0.25) is 5.95 Å². The largest absolute Gasteiger partial charge is 0.340 e. The van der Waals surface area contributed by atoms with Gasteiger partial charge in [-0.25, -0.2) is 28.7 Å². The van der Waals surface area contributed by atoms with Gasteiger partial charge >= 0.3 is 0 Å². The smallest absolute Gasteiger partial charge is 0.225 e. The lowest BCUT2D eigenvalue weighted by atomic mass is 10.0. The maximum atomic E-state index is 13.6. The van der Waals surface area contributed by atoms with Gasteiger partial charge in [-0.15, -0.1) is 0 Å². The van der Waals surface area contributed by atoms with Crippen molar-refractivity contribution in [2.24, 2.45) is 0 Å². The molecule has 3 aromatic rings. The molecule has 1 aromatic carbocycles. The Morgan fingerprint density at radius 3 is 2.48 bits per heavy atom. The van der Waals surface area contributed by atoms with E-state index < -0.39 is 5.82 Å². The molecule has 0 spiro atoms. The number of aromatic nitrogens is 4. The Kier molecular flexibility index (Phi) is 4.05. The van der Waals surface area contributed by atoms with E-state index in [2.05, 4.69) is 19.9 Å². The first-order chi connectivity index (χ1) is 12.2. The molecule has 5 nitrogen and oxygen atoms in total. The van der Waals surface area contributed by atoms with Crippen LogP contribution in [0.2, 0.25) is 0 Å². The Labute approximate surface area is 143 Å². The van der Waals surface area contributed by atoms with Gasteiger partial charge < -0.3 is 4.90 Å². The molecule has 126 valence electrons. The summed E-state index contributed by atoms with van der Waals surface area (Å²) in [5, 5.41) is 0. The summed E-state index contributed by atoms with van der Waals surface area (Å²) in [6, 6.07) is 6.41. The van der Waals surface area contributed by atoms with Gasteiger partial charge in [0.05, 0.1) is 18.1 Å². The van der Waals surface area contributed by atoms with Gasteiger partial charge in [0.1, 0.15) is 12.1 Å². The molecule has 0 fully saturated rings. The predicted octanol–water partition coefficient (Wildman–Crippen LogP) is 2.82. The fourth-order valence-electron chi connectivity index (χ4n) is 3.08. The van der Waals surface area contributed by atoms with Crippen molar-refractivity contribution in [3.05, 3.63) is 65.9 Å². The summed E-state index contributed by atoms with van der Waals surface area (Å²) in [6.07, 6.45) is 5.23. The highest BCUT2D eigenvalue weighted by Crippen LogP contribution is 2.27. The molecule has 0 bridgehead atoms. The zero-order valence-corrected chi connectivity index (χ0v) is 13.4. The second-order valence-electron chi connectivity index (χ2n) is 5.85. The molecule has 2 aromatic heterocycles. The minimum absolute atomic E-state index is 0.292. The zero-order chi connectivity index (χ0) is 17.2. The minimum atomic E-state index is -0.457. The third kappa shape index (κ3) is 3.17. The highest BCUT2D eigenvalue weighted by atomic mass is 19.1. The van der Waals surface area contributed by atoms with E-state index in [0.29, 0.717) is 31.9 Å². The SMILES string of the molecule is Fc1cnc(N2CCc3ncnc(-c4cccc(F)c4)c3CC2)nc1. The Morgan fingerprint density at radius 1 is 0.880 bits per heavy atom. The van der Waals surface area contributed by atoms with Crippen molar-refractivity contribution in [2.45, 2.75) is 12.8 Å². The Morgan fingerprint density at radius 2 is 1.68 bits per heavy atom. The first kappa shape index (κ1) is 15.6. The summed E-state index contributed by atoms with van der Waals surface area (Å²) in [4.78, 5) is 18.9. The van der Waals surface area contributed by atoms with Gasteiger partial charge in [0.25, 0.3) is 0 Å². The van der Waals surface area contributed by atoms with Crippen molar-refractivity contribution in [1.29, 1.82) is 0 Å². The van der Waals surface area contributed by atoms with Crippen LogP contribution in [-0.4, -0.2) is 33.0 Å². The average molecular weight is 339 g/mol. The monoisotopic (exact) mass is 339 g/mol. The number of hydrogen-bond acceptors (Lipinski definition) is 5. The summed E-state index contributed by atoms with van der Waals surface area (Å²) in [5.74, 6) is -0.254. The van der Waals surface area contributed by atoms with E-state index in [9.17, 15) is 8.78 Å². The van der Waals surface area contributed by atoms with Crippen LogP contribution in [0.25, 0.3) is 11.3 Å². The maximum Gasteiger partial charge on any atom is 0.225 e. The molecule has 7 heteroatoms. The quantitative estimate of drug-likeness (QED) is 0.719. The maximum absolute atomic E-state index is 13.6. The van der Waals surface area contributed by atoms with E-state index in [1.54, 1.807) is 6.07 Å². The van der Waals surface area contributed by atoms with Crippen LogP contribution in [-0.2, 0) is 12.8 Å². The minimum Gasteiger partial charge on any atom is -0.340 e. The van der Waals surface area contributed by atoms with E-state index in [-0.39, 0.29) is 5.82 Å². The summed E-state index contributed by atoms with van der Waals surface area (Å²) in [7, 11) is 0. The van der Waals surface area contributed by atoms with Crippen LogP contribution < -0.4 is 4.90 Å².